The minimum Gasteiger partial charge on any atom is -0.395 e. The molecule has 7 heteroatoms. The van der Waals surface area contributed by atoms with Crippen LogP contribution in [0.4, 0.5) is 5.82 Å². The highest BCUT2D eigenvalue weighted by Gasteiger charge is 2.20. The summed E-state index contributed by atoms with van der Waals surface area (Å²) in [4.78, 5) is 3.78. The summed E-state index contributed by atoms with van der Waals surface area (Å²) in [6, 6.07) is 2.64. The Morgan fingerprint density at radius 3 is 2.80 bits per heavy atom. The second-order valence-corrected chi connectivity index (χ2v) is 5.01. The van der Waals surface area contributed by atoms with Gasteiger partial charge in [0.25, 0.3) is 0 Å². The predicted octanol–water partition coefficient (Wildman–Crippen LogP) is -0.723. The van der Waals surface area contributed by atoms with Gasteiger partial charge in [0.2, 0.25) is 10.0 Å². The SMILES string of the molecule is CN(CCO)S(=O)(=O)c1ccnc(N)c1. The topological polar surface area (TPSA) is 96.5 Å². The second kappa shape index (κ2) is 4.56. The van der Waals surface area contributed by atoms with Gasteiger partial charge in [-0.1, -0.05) is 0 Å². The van der Waals surface area contributed by atoms with Crippen LogP contribution in [0.2, 0.25) is 0 Å². The molecule has 1 aromatic rings. The van der Waals surface area contributed by atoms with Crippen LogP contribution < -0.4 is 5.73 Å². The Morgan fingerprint density at radius 2 is 2.27 bits per heavy atom. The minimum atomic E-state index is -3.57. The van der Waals surface area contributed by atoms with E-state index in [2.05, 4.69) is 4.98 Å². The molecule has 0 atom stereocenters. The van der Waals surface area contributed by atoms with Gasteiger partial charge in [0.15, 0.2) is 0 Å². The van der Waals surface area contributed by atoms with Crippen molar-refractivity contribution in [3.8, 4) is 0 Å². The molecular weight excluding hydrogens is 218 g/mol. The average Bonchev–Trinajstić information content (AvgIpc) is 2.18. The van der Waals surface area contributed by atoms with Gasteiger partial charge in [0, 0.05) is 25.9 Å². The van der Waals surface area contributed by atoms with E-state index in [0.29, 0.717) is 0 Å². The largest absolute Gasteiger partial charge is 0.395 e. The highest BCUT2D eigenvalue weighted by molar-refractivity contribution is 7.89. The molecule has 0 aliphatic rings. The third kappa shape index (κ3) is 2.65. The number of nitrogen functional groups attached to an aromatic ring is 1. The Labute approximate surface area is 88.4 Å². The fourth-order valence-electron chi connectivity index (χ4n) is 1.03. The van der Waals surface area contributed by atoms with Crippen LogP contribution in [-0.4, -0.2) is 43.0 Å². The van der Waals surface area contributed by atoms with Crippen LogP contribution in [0.25, 0.3) is 0 Å². The lowest BCUT2D eigenvalue weighted by Gasteiger charge is -2.15. The van der Waals surface area contributed by atoms with Crippen molar-refractivity contribution in [2.75, 3.05) is 25.9 Å². The molecule has 6 nitrogen and oxygen atoms in total. The minimum absolute atomic E-state index is 0.0462. The number of hydrogen-bond acceptors (Lipinski definition) is 5. The van der Waals surface area contributed by atoms with E-state index in [9.17, 15) is 8.42 Å². The number of nitrogens with two attached hydrogens (primary N) is 1. The van der Waals surface area contributed by atoms with Crippen LogP contribution in [0.15, 0.2) is 23.2 Å². The number of pyridine rings is 1. The number of rotatable bonds is 4. The van der Waals surface area contributed by atoms with Crippen molar-refractivity contribution in [3.05, 3.63) is 18.3 Å². The number of aliphatic hydroxyl groups is 1. The molecule has 0 unspecified atom stereocenters. The van der Waals surface area contributed by atoms with Crippen LogP contribution in [0, 0.1) is 0 Å². The molecule has 1 heterocycles. The first-order valence-corrected chi connectivity index (χ1v) is 5.71. The zero-order chi connectivity index (χ0) is 11.5. The summed E-state index contributed by atoms with van der Waals surface area (Å²) in [5.74, 6) is 0.147. The molecule has 0 bridgehead atoms. The van der Waals surface area contributed by atoms with E-state index in [4.69, 9.17) is 10.8 Å². The summed E-state index contributed by atoms with van der Waals surface area (Å²) < 4.78 is 24.7. The number of anilines is 1. The fourth-order valence-corrected chi connectivity index (χ4v) is 2.21. The van der Waals surface area contributed by atoms with E-state index in [0.717, 1.165) is 4.31 Å². The van der Waals surface area contributed by atoms with Crippen molar-refractivity contribution in [2.24, 2.45) is 0 Å². The van der Waals surface area contributed by atoms with Crippen LogP contribution >= 0.6 is 0 Å². The molecule has 1 rings (SSSR count). The number of likely N-dealkylation sites (N-methyl/N-ethyl adjacent to an activating group) is 1. The maximum atomic E-state index is 11.8. The molecule has 0 amide bonds. The molecule has 3 N–H and O–H groups in total. The summed E-state index contributed by atoms with van der Waals surface area (Å²) in [5.41, 5.74) is 5.39. The lowest BCUT2D eigenvalue weighted by molar-refractivity contribution is 0.266. The normalized spacial score (nSPS) is 11.9. The van der Waals surface area contributed by atoms with Crippen LogP contribution in [-0.2, 0) is 10.0 Å². The van der Waals surface area contributed by atoms with Gasteiger partial charge < -0.3 is 10.8 Å². The van der Waals surface area contributed by atoms with Crippen molar-refractivity contribution in [1.82, 2.24) is 9.29 Å². The molecule has 0 saturated carbocycles. The van der Waals surface area contributed by atoms with Crippen molar-refractivity contribution in [3.63, 3.8) is 0 Å². The number of aliphatic hydroxyl groups excluding tert-OH is 1. The van der Waals surface area contributed by atoms with Gasteiger partial charge in [-0.2, -0.15) is 4.31 Å². The molecule has 0 aliphatic carbocycles. The van der Waals surface area contributed by atoms with Gasteiger partial charge in [0.1, 0.15) is 5.82 Å². The van der Waals surface area contributed by atoms with Crippen molar-refractivity contribution < 1.29 is 13.5 Å². The summed E-state index contributed by atoms with van der Waals surface area (Å²) in [7, 11) is -2.18. The summed E-state index contributed by atoms with van der Waals surface area (Å²) in [6.45, 7) is -0.180. The molecule has 0 fully saturated rings. The van der Waals surface area contributed by atoms with Crippen LogP contribution in [0.5, 0.6) is 0 Å². The Balaban J connectivity index is 3.06. The van der Waals surface area contributed by atoms with E-state index in [1.807, 2.05) is 0 Å². The molecule has 15 heavy (non-hydrogen) atoms. The summed E-state index contributed by atoms with van der Waals surface area (Å²) in [5, 5.41) is 8.66. The van der Waals surface area contributed by atoms with Crippen molar-refractivity contribution in [2.45, 2.75) is 4.90 Å². The van der Waals surface area contributed by atoms with Crippen molar-refractivity contribution >= 4 is 15.8 Å². The van der Waals surface area contributed by atoms with Gasteiger partial charge >= 0.3 is 0 Å². The van der Waals surface area contributed by atoms with E-state index >= 15 is 0 Å². The monoisotopic (exact) mass is 231 g/mol. The Hall–Kier alpha value is -1.18. The predicted molar refractivity (Wildman–Crippen MR) is 55.6 cm³/mol. The average molecular weight is 231 g/mol. The van der Waals surface area contributed by atoms with E-state index < -0.39 is 10.0 Å². The second-order valence-electron chi connectivity index (χ2n) is 2.97. The number of sulfonamides is 1. The lowest BCUT2D eigenvalue weighted by atomic mass is 10.5. The summed E-state index contributed by atoms with van der Waals surface area (Å²) >= 11 is 0. The highest BCUT2D eigenvalue weighted by Crippen LogP contribution is 2.14. The molecule has 0 saturated heterocycles. The lowest BCUT2D eigenvalue weighted by Crippen LogP contribution is -2.29. The van der Waals surface area contributed by atoms with E-state index in [1.54, 1.807) is 0 Å². The molecular formula is C8H13N3O3S. The maximum Gasteiger partial charge on any atom is 0.243 e. The molecule has 0 aliphatic heterocycles. The van der Waals surface area contributed by atoms with Gasteiger partial charge in [-0.05, 0) is 6.07 Å². The Morgan fingerprint density at radius 1 is 1.60 bits per heavy atom. The van der Waals surface area contributed by atoms with Gasteiger partial charge in [-0.25, -0.2) is 13.4 Å². The Kier molecular flexibility index (Phi) is 3.61. The third-order valence-corrected chi connectivity index (χ3v) is 3.73. The first-order chi connectivity index (χ1) is 6.98. The number of hydrogen-bond donors (Lipinski definition) is 2. The zero-order valence-electron chi connectivity index (χ0n) is 8.29. The first kappa shape index (κ1) is 11.9. The van der Waals surface area contributed by atoms with Crippen LogP contribution in [0.1, 0.15) is 0 Å². The molecule has 0 radical (unpaired) electrons. The quantitative estimate of drug-likeness (QED) is 0.712. The third-order valence-electron chi connectivity index (χ3n) is 1.88. The highest BCUT2D eigenvalue weighted by atomic mass is 32.2. The van der Waals surface area contributed by atoms with E-state index in [1.165, 1.54) is 25.4 Å². The number of nitrogens with zero attached hydrogens (tertiary/aromatic N) is 2. The van der Waals surface area contributed by atoms with Crippen molar-refractivity contribution in [1.29, 1.82) is 0 Å². The van der Waals surface area contributed by atoms with Gasteiger partial charge in [-0.3, -0.25) is 0 Å². The maximum absolute atomic E-state index is 11.8. The van der Waals surface area contributed by atoms with E-state index in [-0.39, 0.29) is 23.9 Å². The molecule has 0 spiro atoms. The fraction of sp³-hybridized carbons (Fsp3) is 0.375. The zero-order valence-corrected chi connectivity index (χ0v) is 9.11. The smallest absolute Gasteiger partial charge is 0.243 e. The molecule has 84 valence electrons. The summed E-state index contributed by atoms with van der Waals surface area (Å²) in [6.07, 6.45) is 1.33. The van der Waals surface area contributed by atoms with Gasteiger partial charge in [0.05, 0.1) is 11.5 Å². The molecule has 0 aromatic carbocycles. The Bertz CT molecular complexity index is 433. The number of aromatic nitrogens is 1. The van der Waals surface area contributed by atoms with Crippen LogP contribution in [0.3, 0.4) is 0 Å². The van der Waals surface area contributed by atoms with Gasteiger partial charge in [-0.15, -0.1) is 0 Å². The first-order valence-electron chi connectivity index (χ1n) is 4.27. The standard InChI is InChI=1S/C8H13N3O3S/c1-11(4-5-12)15(13,14)7-2-3-10-8(9)6-7/h2-3,6,12H,4-5H2,1H3,(H2,9,10). The molecule has 1 aromatic heterocycles.